The Hall–Kier alpha value is -3.42. The number of thioether (sulfide) groups is 1. The fraction of sp³-hybridized carbons (Fsp3) is 0.512. The molecule has 0 aromatic heterocycles. The summed E-state index contributed by atoms with van der Waals surface area (Å²) < 4.78 is 100. The van der Waals surface area contributed by atoms with E-state index in [0.717, 1.165) is 48.5 Å². The third-order valence-electron chi connectivity index (χ3n) is 10.4. The molecule has 0 bridgehead atoms. The Labute approximate surface area is 366 Å². The number of alkyl halides is 6. The standard InChI is InChI=1S/C20H22ClF3N2O3S.C20H22ClF3N2OS.CH4.H2O2/c21-17-4-2-1-3-15(17)13-26(8-5-14-6-9-30(28,29)10-7-14)19(27)16-11-18(25-12-16)20(22,23)24;21-17-4-2-1-3-15(17)13-26(8-5-14-6-9-28-10-7-14)19(27)16-11-18(25-12-16)20(22,23)24;;1-2/h1-4,11,14H,5-10,12-13H2;1-4,11,14H,5-10,12-13H2;1H4;1-2H. The molecule has 2 saturated heterocycles. The van der Waals surface area contributed by atoms with Crippen LogP contribution in [0, 0.1) is 11.8 Å². The van der Waals surface area contributed by atoms with Crippen LogP contribution in [-0.2, 0) is 32.5 Å². The second kappa shape index (κ2) is 23.9. The molecule has 2 amide bonds. The zero-order chi connectivity index (χ0) is 44.1. The molecule has 338 valence electrons. The maximum absolute atomic E-state index is 13.0. The second-order valence-electron chi connectivity index (χ2n) is 14.6. The molecular weight excluding hydrogens is 894 g/mol. The molecular formula is C41H50Cl2F6N4O6S2. The third-order valence-corrected chi connectivity index (χ3v) is 13.9. The summed E-state index contributed by atoms with van der Waals surface area (Å²) in [4.78, 5) is 36.0. The van der Waals surface area contributed by atoms with Gasteiger partial charge in [0.1, 0.15) is 21.3 Å². The van der Waals surface area contributed by atoms with Crippen molar-refractivity contribution in [2.24, 2.45) is 21.8 Å². The summed E-state index contributed by atoms with van der Waals surface area (Å²) in [6, 6.07) is 14.2. The number of benzene rings is 2. The summed E-state index contributed by atoms with van der Waals surface area (Å²) >= 11 is 14.4. The minimum absolute atomic E-state index is 0. The van der Waals surface area contributed by atoms with Gasteiger partial charge in [-0.1, -0.05) is 67.0 Å². The second-order valence-corrected chi connectivity index (χ2v) is 18.9. The van der Waals surface area contributed by atoms with Crippen molar-refractivity contribution in [1.82, 2.24) is 9.80 Å². The number of sulfone groups is 1. The zero-order valence-corrected chi connectivity index (χ0v) is 35.5. The molecule has 4 heterocycles. The van der Waals surface area contributed by atoms with E-state index in [9.17, 15) is 44.3 Å². The summed E-state index contributed by atoms with van der Waals surface area (Å²) in [5.41, 5.74) is -0.500. The van der Waals surface area contributed by atoms with Crippen molar-refractivity contribution >= 4 is 68.0 Å². The number of carbonyl (C=O) groups excluding carboxylic acids is 2. The highest BCUT2D eigenvalue weighted by atomic mass is 35.5. The number of allylic oxidation sites excluding steroid dienone is 2. The van der Waals surface area contributed by atoms with Crippen molar-refractivity contribution < 1.29 is 54.9 Å². The molecule has 2 N–H and O–H groups in total. The van der Waals surface area contributed by atoms with E-state index >= 15 is 0 Å². The Morgan fingerprint density at radius 2 is 1.07 bits per heavy atom. The lowest BCUT2D eigenvalue weighted by molar-refractivity contribution is -0.176. The van der Waals surface area contributed by atoms with Crippen LogP contribution in [0.5, 0.6) is 0 Å². The first-order valence-electron chi connectivity index (χ1n) is 19.1. The number of halogens is 8. The molecule has 61 heavy (non-hydrogen) atoms. The van der Waals surface area contributed by atoms with Crippen LogP contribution in [0.3, 0.4) is 0 Å². The highest BCUT2D eigenvalue weighted by Gasteiger charge is 2.39. The van der Waals surface area contributed by atoms with Crippen LogP contribution >= 0.6 is 35.0 Å². The van der Waals surface area contributed by atoms with E-state index in [-0.39, 0.29) is 62.2 Å². The Morgan fingerprint density at radius 3 is 1.43 bits per heavy atom. The number of nitrogens with zero attached hydrogens (tertiary/aromatic N) is 4. The van der Waals surface area contributed by atoms with Crippen LogP contribution in [-0.4, -0.2) is 114 Å². The molecule has 4 aliphatic rings. The highest BCUT2D eigenvalue weighted by Crippen LogP contribution is 2.30. The molecule has 0 unspecified atom stereocenters. The third kappa shape index (κ3) is 16.0. The van der Waals surface area contributed by atoms with Crippen LogP contribution in [0.1, 0.15) is 57.1 Å². The van der Waals surface area contributed by atoms with Gasteiger partial charge in [0, 0.05) is 47.4 Å². The minimum Gasteiger partial charge on any atom is -0.334 e. The van der Waals surface area contributed by atoms with Gasteiger partial charge in [-0.2, -0.15) is 38.1 Å². The number of hydrogen-bond donors (Lipinski definition) is 2. The van der Waals surface area contributed by atoms with Crippen molar-refractivity contribution in [2.45, 2.75) is 71.4 Å². The zero-order valence-electron chi connectivity index (χ0n) is 32.4. The van der Waals surface area contributed by atoms with Crippen LogP contribution in [0.2, 0.25) is 10.0 Å². The molecule has 2 fully saturated rings. The lowest BCUT2D eigenvalue weighted by Crippen LogP contribution is -2.35. The van der Waals surface area contributed by atoms with Gasteiger partial charge in [0.05, 0.1) is 24.6 Å². The highest BCUT2D eigenvalue weighted by molar-refractivity contribution is 7.99. The van der Waals surface area contributed by atoms with E-state index in [4.69, 9.17) is 33.7 Å². The van der Waals surface area contributed by atoms with Gasteiger partial charge in [-0.05, 0) is 97.3 Å². The largest absolute Gasteiger partial charge is 0.432 e. The van der Waals surface area contributed by atoms with Crippen molar-refractivity contribution in [1.29, 1.82) is 0 Å². The molecule has 6 rings (SSSR count). The van der Waals surface area contributed by atoms with Gasteiger partial charge in [-0.25, -0.2) is 8.42 Å². The monoisotopic (exact) mass is 942 g/mol. The van der Waals surface area contributed by atoms with Crippen molar-refractivity contribution in [3.05, 3.63) is 93.0 Å². The summed E-state index contributed by atoms with van der Waals surface area (Å²) in [6.45, 7) is 0.688. The molecule has 0 spiro atoms. The Kier molecular flexibility index (Phi) is 20.3. The van der Waals surface area contributed by atoms with E-state index in [1.54, 1.807) is 41.3 Å². The first kappa shape index (κ1) is 51.9. The van der Waals surface area contributed by atoms with Gasteiger partial charge in [-0.15, -0.1) is 0 Å². The predicted octanol–water partition coefficient (Wildman–Crippen LogP) is 9.63. The first-order valence-corrected chi connectivity index (χ1v) is 22.8. The van der Waals surface area contributed by atoms with Gasteiger partial charge in [-0.3, -0.25) is 30.1 Å². The summed E-state index contributed by atoms with van der Waals surface area (Å²) in [5.74, 6) is 2.29. The molecule has 4 aliphatic heterocycles. The van der Waals surface area contributed by atoms with Gasteiger partial charge >= 0.3 is 12.4 Å². The smallest absolute Gasteiger partial charge is 0.334 e. The first-order chi connectivity index (χ1) is 28.4. The van der Waals surface area contributed by atoms with Crippen LogP contribution in [0.4, 0.5) is 26.3 Å². The average Bonchev–Trinajstić information content (AvgIpc) is 3.93. The van der Waals surface area contributed by atoms with Gasteiger partial charge in [0.15, 0.2) is 0 Å². The van der Waals surface area contributed by atoms with Crippen molar-refractivity contribution in [2.75, 3.05) is 49.2 Å². The van der Waals surface area contributed by atoms with E-state index in [1.165, 1.54) is 4.90 Å². The number of rotatable bonds is 12. The quantitative estimate of drug-likeness (QED) is 0.123. The van der Waals surface area contributed by atoms with E-state index in [0.29, 0.717) is 53.9 Å². The van der Waals surface area contributed by atoms with Crippen LogP contribution < -0.4 is 0 Å². The Bertz CT molecular complexity index is 2030. The maximum atomic E-state index is 13.0. The molecule has 10 nitrogen and oxygen atoms in total. The maximum Gasteiger partial charge on any atom is 0.432 e. The average molecular weight is 944 g/mol. The Morgan fingerprint density at radius 1 is 0.689 bits per heavy atom. The van der Waals surface area contributed by atoms with E-state index < -0.39 is 45.4 Å². The molecule has 2 aromatic rings. The number of aliphatic imine (C=N–C) groups is 2. The predicted molar refractivity (Wildman–Crippen MR) is 229 cm³/mol. The molecule has 20 heteroatoms. The summed E-state index contributed by atoms with van der Waals surface area (Å²) in [7, 11) is -2.99. The van der Waals surface area contributed by atoms with Crippen LogP contribution in [0.25, 0.3) is 0 Å². The number of carbonyl (C=O) groups is 2. The Balaban J connectivity index is 0.000000308. The molecule has 0 saturated carbocycles. The van der Waals surface area contributed by atoms with Gasteiger partial charge in [0.2, 0.25) is 0 Å². The lowest BCUT2D eigenvalue weighted by Gasteiger charge is -2.28. The SMILES string of the molecule is C.O=C(C1=CC(C(F)(F)F)=NC1)N(CCC1CCS(=O)(=O)CC1)Cc1ccccc1Cl.O=C(C1=CC(C(F)(F)F)=NC1)N(CCC1CCSCC1)Cc1ccccc1Cl.OO. The van der Waals surface area contributed by atoms with Crippen molar-refractivity contribution in [3.63, 3.8) is 0 Å². The fourth-order valence-corrected chi connectivity index (χ4v) is 10.2. The van der Waals surface area contributed by atoms with Crippen LogP contribution in [0.15, 0.2) is 81.8 Å². The molecule has 2 aromatic carbocycles. The molecule has 0 atom stereocenters. The lowest BCUT2D eigenvalue weighted by atomic mass is 9.98. The number of hydrogen-bond acceptors (Lipinski definition) is 9. The van der Waals surface area contributed by atoms with Gasteiger partial charge in [0.25, 0.3) is 11.8 Å². The minimum atomic E-state index is -4.59. The fourth-order valence-electron chi connectivity index (χ4n) is 6.97. The van der Waals surface area contributed by atoms with Gasteiger partial charge < -0.3 is 9.80 Å². The normalized spacial score (nSPS) is 17.9. The summed E-state index contributed by atoms with van der Waals surface area (Å²) in [6.07, 6.45) is -2.75. The molecule has 0 radical (unpaired) electrons. The van der Waals surface area contributed by atoms with E-state index in [2.05, 4.69) is 9.98 Å². The topological polar surface area (TPSA) is 140 Å². The van der Waals surface area contributed by atoms with Crippen molar-refractivity contribution in [3.8, 4) is 0 Å². The molecule has 0 aliphatic carbocycles. The summed E-state index contributed by atoms with van der Waals surface area (Å²) in [5, 5.41) is 13.0. The van der Waals surface area contributed by atoms with E-state index in [1.807, 2.05) is 23.9 Å². The number of amides is 2.